The normalized spacial score (nSPS) is 10.9. The average Bonchev–Trinajstić information content (AvgIpc) is 3.41. The van der Waals surface area contributed by atoms with Crippen molar-refractivity contribution in [2.45, 2.75) is 32.7 Å². The lowest BCUT2D eigenvalue weighted by Crippen LogP contribution is -2.44. The third kappa shape index (κ3) is 7.96. The number of H-pyrrole nitrogens is 1. The van der Waals surface area contributed by atoms with Gasteiger partial charge < -0.3 is 24.3 Å². The smallest absolute Gasteiger partial charge is 0.254 e. The summed E-state index contributed by atoms with van der Waals surface area (Å²) in [6.45, 7) is 4.39. The monoisotopic (exact) mass is 541 g/mol. The molecule has 0 bridgehead atoms. The Morgan fingerprint density at radius 3 is 2.35 bits per heavy atom. The van der Waals surface area contributed by atoms with Crippen LogP contribution >= 0.6 is 0 Å². The minimum atomic E-state index is -0.207. The van der Waals surface area contributed by atoms with E-state index in [1.807, 2.05) is 65.7 Å². The zero-order valence-corrected chi connectivity index (χ0v) is 23.5. The second kappa shape index (κ2) is 14.9. The predicted octanol–water partition coefficient (Wildman–Crippen LogP) is 5.71. The van der Waals surface area contributed by atoms with Crippen LogP contribution in [0.5, 0.6) is 5.75 Å². The van der Waals surface area contributed by atoms with Crippen LogP contribution in [0.25, 0.3) is 10.9 Å². The topological polar surface area (TPSA) is 74.9 Å². The number of para-hydroxylation sites is 1. The van der Waals surface area contributed by atoms with E-state index in [2.05, 4.69) is 24.0 Å². The van der Waals surface area contributed by atoms with Gasteiger partial charge in [0.25, 0.3) is 5.91 Å². The summed E-state index contributed by atoms with van der Waals surface area (Å²) in [5.74, 6) is 0.422. The summed E-state index contributed by atoms with van der Waals surface area (Å²) in [5.41, 5.74) is 3.80. The van der Waals surface area contributed by atoms with Crippen molar-refractivity contribution < 1.29 is 19.1 Å². The van der Waals surface area contributed by atoms with E-state index in [0.29, 0.717) is 44.8 Å². The number of benzene rings is 3. The summed E-state index contributed by atoms with van der Waals surface area (Å²) in [7, 11) is 1.59. The van der Waals surface area contributed by atoms with Crippen LogP contribution in [0.3, 0.4) is 0 Å². The van der Waals surface area contributed by atoms with Crippen molar-refractivity contribution in [3.8, 4) is 5.75 Å². The number of rotatable bonds is 15. The highest BCUT2D eigenvalue weighted by molar-refractivity contribution is 5.96. The van der Waals surface area contributed by atoms with Crippen molar-refractivity contribution in [3.05, 3.63) is 102 Å². The quantitative estimate of drug-likeness (QED) is 0.196. The Labute approximate surface area is 236 Å². The van der Waals surface area contributed by atoms with Crippen molar-refractivity contribution in [3.63, 3.8) is 0 Å². The number of nitrogens with one attached hydrogen (secondary N) is 1. The van der Waals surface area contributed by atoms with Crippen molar-refractivity contribution >= 4 is 22.7 Å². The number of carbonyl (C=O) groups is 2. The average molecular weight is 542 g/mol. The first-order chi connectivity index (χ1) is 19.6. The van der Waals surface area contributed by atoms with Crippen LogP contribution in [0.1, 0.15) is 41.3 Å². The molecule has 7 heteroatoms. The largest absolute Gasteiger partial charge is 0.494 e. The van der Waals surface area contributed by atoms with Gasteiger partial charge in [0.1, 0.15) is 12.3 Å². The molecule has 2 amide bonds. The van der Waals surface area contributed by atoms with Crippen LogP contribution in [0, 0.1) is 0 Å². The van der Waals surface area contributed by atoms with Crippen LogP contribution in [-0.2, 0) is 22.5 Å². The van der Waals surface area contributed by atoms with E-state index in [1.54, 1.807) is 24.1 Å². The van der Waals surface area contributed by atoms with E-state index < -0.39 is 0 Å². The molecule has 7 nitrogen and oxygen atoms in total. The maximum absolute atomic E-state index is 13.7. The number of ether oxygens (including phenoxy) is 2. The van der Waals surface area contributed by atoms with Crippen molar-refractivity contribution in [2.24, 2.45) is 0 Å². The van der Waals surface area contributed by atoms with Crippen molar-refractivity contribution in [2.75, 3.05) is 40.0 Å². The highest BCUT2D eigenvalue weighted by Crippen LogP contribution is 2.19. The van der Waals surface area contributed by atoms with Crippen LogP contribution in [0.4, 0.5) is 0 Å². The molecule has 40 heavy (non-hydrogen) atoms. The Balaban J connectivity index is 1.48. The Morgan fingerprint density at radius 1 is 0.850 bits per heavy atom. The maximum Gasteiger partial charge on any atom is 0.254 e. The number of aromatic nitrogens is 1. The Bertz CT molecular complexity index is 1350. The molecule has 0 radical (unpaired) electrons. The summed E-state index contributed by atoms with van der Waals surface area (Å²) in [6, 6.07) is 25.3. The van der Waals surface area contributed by atoms with Gasteiger partial charge in [-0.15, -0.1) is 0 Å². The number of nitrogens with zero attached hydrogens (tertiary/aromatic N) is 2. The molecule has 0 aliphatic rings. The molecule has 0 aliphatic carbocycles. The van der Waals surface area contributed by atoms with E-state index in [0.717, 1.165) is 40.6 Å². The summed E-state index contributed by atoms with van der Waals surface area (Å²) < 4.78 is 11.0. The van der Waals surface area contributed by atoms with E-state index in [9.17, 15) is 9.59 Å². The number of carbonyl (C=O) groups excluding carboxylic acids is 2. The maximum atomic E-state index is 13.7. The van der Waals surface area contributed by atoms with Gasteiger partial charge in [0.2, 0.25) is 5.91 Å². The molecule has 4 rings (SSSR count). The number of unbranched alkanes of at least 4 members (excludes halogenated alkanes) is 1. The van der Waals surface area contributed by atoms with Crippen LogP contribution in [0.2, 0.25) is 0 Å². The fourth-order valence-corrected chi connectivity index (χ4v) is 4.62. The fraction of sp³-hybridized carbons (Fsp3) is 0.333. The second-order valence-electron chi connectivity index (χ2n) is 9.86. The van der Waals surface area contributed by atoms with Gasteiger partial charge >= 0.3 is 0 Å². The Kier molecular flexibility index (Phi) is 10.8. The van der Waals surface area contributed by atoms with Gasteiger partial charge in [-0.3, -0.25) is 9.59 Å². The highest BCUT2D eigenvalue weighted by Gasteiger charge is 2.23. The lowest BCUT2D eigenvalue weighted by molar-refractivity contribution is -0.132. The van der Waals surface area contributed by atoms with Gasteiger partial charge in [-0.05, 0) is 54.3 Å². The number of aromatic amines is 1. The van der Waals surface area contributed by atoms with Gasteiger partial charge in [-0.1, -0.05) is 61.9 Å². The van der Waals surface area contributed by atoms with Gasteiger partial charge in [0.15, 0.2) is 0 Å². The molecule has 210 valence electrons. The fourth-order valence-electron chi connectivity index (χ4n) is 4.62. The molecule has 0 saturated carbocycles. The molecule has 0 aliphatic heterocycles. The minimum Gasteiger partial charge on any atom is -0.494 e. The Hall–Kier alpha value is -4.10. The second-order valence-corrected chi connectivity index (χ2v) is 9.86. The van der Waals surface area contributed by atoms with Gasteiger partial charge in [0, 0.05) is 49.4 Å². The number of hydrogen-bond acceptors (Lipinski definition) is 4. The molecule has 1 heterocycles. The minimum absolute atomic E-state index is 0.0301. The molecular weight excluding hydrogens is 502 g/mol. The third-order valence-corrected chi connectivity index (χ3v) is 6.94. The van der Waals surface area contributed by atoms with Gasteiger partial charge in [-0.25, -0.2) is 0 Å². The van der Waals surface area contributed by atoms with Crippen LogP contribution < -0.4 is 4.74 Å². The van der Waals surface area contributed by atoms with E-state index in [-0.39, 0.29) is 18.4 Å². The van der Waals surface area contributed by atoms with Crippen LogP contribution in [-0.4, -0.2) is 66.6 Å². The zero-order chi connectivity index (χ0) is 28.2. The first-order valence-electron chi connectivity index (χ1n) is 14.0. The molecule has 0 spiro atoms. The molecule has 3 aromatic carbocycles. The molecule has 0 atom stereocenters. The van der Waals surface area contributed by atoms with E-state index in [4.69, 9.17) is 9.47 Å². The van der Waals surface area contributed by atoms with E-state index >= 15 is 0 Å². The molecule has 1 aromatic heterocycles. The first kappa shape index (κ1) is 28.9. The molecule has 0 unspecified atom stereocenters. The number of fused-ring (bicyclic) bond motifs is 1. The number of methoxy groups -OCH3 is 1. The Morgan fingerprint density at radius 2 is 1.60 bits per heavy atom. The lowest BCUT2D eigenvalue weighted by Gasteiger charge is -2.28. The highest BCUT2D eigenvalue weighted by atomic mass is 16.5. The van der Waals surface area contributed by atoms with Gasteiger partial charge in [-0.2, -0.15) is 0 Å². The number of hydrogen-bond donors (Lipinski definition) is 1. The summed E-state index contributed by atoms with van der Waals surface area (Å²) in [6.07, 6.45) is 4.75. The van der Waals surface area contributed by atoms with E-state index in [1.165, 1.54) is 0 Å². The zero-order valence-electron chi connectivity index (χ0n) is 23.5. The lowest BCUT2D eigenvalue weighted by atomic mass is 10.1. The summed E-state index contributed by atoms with van der Waals surface area (Å²) >= 11 is 0. The molecule has 0 saturated heterocycles. The molecule has 4 aromatic rings. The summed E-state index contributed by atoms with van der Waals surface area (Å²) in [4.78, 5) is 34.0. The number of amides is 2. The van der Waals surface area contributed by atoms with Crippen LogP contribution in [0.15, 0.2) is 85.1 Å². The van der Waals surface area contributed by atoms with Gasteiger partial charge in [0.05, 0.1) is 13.2 Å². The van der Waals surface area contributed by atoms with Crippen molar-refractivity contribution in [1.29, 1.82) is 0 Å². The molecule has 0 fully saturated rings. The molecular formula is C33H39N3O4. The summed E-state index contributed by atoms with van der Waals surface area (Å²) in [5, 5.41) is 1.16. The predicted molar refractivity (Wildman–Crippen MR) is 158 cm³/mol. The molecule has 1 N–H and O–H groups in total. The first-order valence-corrected chi connectivity index (χ1v) is 14.0. The standard InChI is InChI=1S/C33H39N3O4/c1-3-4-21-40-29-16-14-27(15-17-29)33(38)36(20-22-39-2)25-32(37)35(24-26-10-6-5-7-11-26)19-18-28-23-34-31-13-9-8-12-30(28)31/h5-17,23,34H,3-4,18-22,24-25H2,1-2H3. The SMILES string of the molecule is CCCCOc1ccc(C(=O)N(CCOC)CC(=O)N(CCc2c[nH]c3ccccc23)Cc2ccccc2)cc1. The van der Waals surface area contributed by atoms with Crippen molar-refractivity contribution in [1.82, 2.24) is 14.8 Å². The third-order valence-electron chi connectivity index (χ3n) is 6.94.